The van der Waals surface area contributed by atoms with Gasteiger partial charge in [0.2, 0.25) is 0 Å². The summed E-state index contributed by atoms with van der Waals surface area (Å²) in [6.45, 7) is 0.117. The molecule has 4 rings (SSSR count). The van der Waals surface area contributed by atoms with Gasteiger partial charge in [0.1, 0.15) is 24.6 Å². The molecular formula is C26H18Br2Cl2N2O4S. The first-order chi connectivity index (χ1) is 17.7. The Morgan fingerprint density at radius 1 is 1.00 bits per heavy atom. The minimum atomic E-state index is -0.535. The highest BCUT2D eigenvalue weighted by atomic mass is 79.9. The number of nitrogens with zero attached hydrogens (tertiary/aromatic N) is 2. The van der Waals surface area contributed by atoms with Gasteiger partial charge in [0, 0.05) is 10.0 Å². The van der Waals surface area contributed by atoms with E-state index in [0.717, 1.165) is 5.56 Å². The van der Waals surface area contributed by atoms with Crippen LogP contribution in [0.4, 0.5) is 5.69 Å². The number of amides is 1. The van der Waals surface area contributed by atoms with E-state index in [2.05, 4.69) is 31.9 Å². The highest BCUT2D eigenvalue weighted by Crippen LogP contribution is 2.37. The Morgan fingerprint density at radius 2 is 1.57 bits per heavy atom. The van der Waals surface area contributed by atoms with Gasteiger partial charge in [0.15, 0.2) is 5.11 Å². The van der Waals surface area contributed by atoms with Crippen molar-refractivity contribution in [3.8, 4) is 5.75 Å². The molecule has 190 valence electrons. The molecule has 0 bridgehead atoms. The van der Waals surface area contributed by atoms with Gasteiger partial charge in [0.05, 0.1) is 21.7 Å². The summed E-state index contributed by atoms with van der Waals surface area (Å²) in [5.74, 6) is -0.321. The molecule has 1 amide bonds. The van der Waals surface area contributed by atoms with E-state index in [1.54, 1.807) is 42.5 Å². The average molecular weight is 685 g/mol. The number of hydrogen-bond donors (Lipinski definition) is 0. The van der Waals surface area contributed by atoms with Crippen LogP contribution in [0.2, 0.25) is 10.0 Å². The smallest absolute Gasteiger partial charge is 0.325 e. The van der Waals surface area contributed by atoms with Crippen LogP contribution in [0.15, 0.2) is 75.3 Å². The third-order valence-corrected chi connectivity index (χ3v) is 7.44. The van der Waals surface area contributed by atoms with Crippen LogP contribution in [0.3, 0.4) is 0 Å². The molecule has 0 aliphatic carbocycles. The minimum absolute atomic E-state index is 0.157. The first-order valence-corrected chi connectivity index (χ1v) is 13.5. The molecular weight excluding hydrogens is 667 g/mol. The molecule has 0 saturated carbocycles. The summed E-state index contributed by atoms with van der Waals surface area (Å²) in [4.78, 5) is 28.4. The average Bonchev–Trinajstić information content (AvgIpc) is 3.09. The van der Waals surface area contributed by atoms with E-state index in [1.165, 1.54) is 16.9 Å². The van der Waals surface area contributed by atoms with Crippen LogP contribution in [0.25, 0.3) is 6.08 Å². The highest BCUT2D eigenvalue weighted by molar-refractivity contribution is 9.11. The molecule has 11 heteroatoms. The van der Waals surface area contributed by atoms with Gasteiger partial charge in [-0.2, -0.15) is 0 Å². The van der Waals surface area contributed by atoms with Gasteiger partial charge in [-0.3, -0.25) is 14.5 Å². The highest BCUT2D eigenvalue weighted by Gasteiger charge is 2.40. The predicted octanol–water partition coefficient (Wildman–Crippen LogP) is 7.25. The van der Waals surface area contributed by atoms with Crippen molar-refractivity contribution in [2.45, 2.75) is 6.61 Å². The number of carbonyl (C=O) groups is 2. The lowest BCUT2D eigenvalue weighted by Gasteiger charge is -2.19. The molecule has 0 N–H and O–H groups in total. The number of ether oxygens (including phenoxy) is 2. The molecule has 3 aromatic carbocycles. The molecule has 0 spiro atoms. The third kappa shape index (κ3) is 6.35. The zero-order valence-electron chi connectivity index (χ0n) is 19.2. The lowest BCUT2D eigenvalue weighted by molar-refractivity contribution is -0.140. The van der Waals surface area contributed by atoms with Gasteiger partial charge in [-0.15, -0.1) is 0 Å². The normalized spacial score (nSPS) is 14.5. The number of esters is 1. The van der Waals surface area contributed by atoms with Crippen LogP contribution < -0.4 is 9.64 Å². The minimum Gasteiger partial charge on any atom is -0.487 e. The Bertz CT molecular complexity index is 1380. The second-order valence-corrected chi connectivity index (χ2v) is 10.8. The summed E-state index contributed by atoms with van der Waals surface area (Å²) in [5.41, 5.74) is 2.39. The number of hydrogen-bond acceptors (Lipinski definition) is 5. The molecule has 37 heavy (non-hydrogen) atoms. The van der Waals surface area contributed by atoms with E-state index in [9.17, 15) is 9.59 Å². The fourth-order valence-electron chi connectivity index (χ4n) is 3.54. The summed E-state index contributed by atoms with van der Waals surface area (Å²) in [5, 5.41) is 1.34. The number of carbonyl (C=O) groups excluding carboxylic acids is 2. The van der Waals surface area contributed by atoms with Crippen molar-refractivity contribution in [2.24, 2.45) is 0 Å². The fourth-order valence-corrected chi connectivity index (χ4v) is 5.59. The number of rotatable bonds is 7. The molecule has 1 aliphatic rings. The maximum atomic E-state index is 13.5. The molecule has 0 radical (unpaired) electrons. The van der Waals surface area contributed by atoms with E-state index in [1.807, 2.05) is 24.3 Å². The number of methoxy groups -OCH3 is 1. The van der Waals surface area contributed by atoms with Crippen LogP contribution in [0.5, 0.6) is 5.75 Å². The van der Waals surface area contributed by atoms with E-state index in [-0.39, 0.29) is 23.3 Å². The van der Waals surface area contributed by atoms with Crippen LogP contribution in [0, 0.1) is 0 Å². The van der Waals surface area contributed by atoms with E-state index in [0.29, 0.717) is 42.6 Å². The summed E-state index contributed by atoms with van der Waals surface area (Å²) in [6, 6.07) is 17.7. The van der Waals surface area contributed by atoms with Gasteiger partial charge in [-0.05, 0) is 110 Å². The number of halogens is 4. The van der Waals surface area contributed by atoms with E-state index < -0.39 is 5.97 Å². The topological polar surface area (TPSA) is 59.1 Å². The maximum absolute atomic E-state index is 13.5. The summed E-state index contributed by atoms with van der Waals surface area (Å²) in [6.07, 6.45) is 1.66. The Kier molecular flexibility index (Phi) is 8.92. The van der Waals surface area contributed by atoms with Gasteiger partial charge in [0.25, 0.3) is 5.91 Å². The van der Waals surface area contributed by atoms with Crippen LogP contribution in [-0.4, -0.2) is 35.5 Å². The van der Waals surface area contributed by atoms with Crippen molar-refractivity contribution in [3.05, 3.63) is 96.5 Å². The van der Waals surface area contributed by atoms with Gasteiger partial charge < -0.3 is 14.4 Å². The number of benzene rings is 3. The SMILES string of the molecule is COC(=O)CN1C(=S)N(c2ccc(Cl)cc2)C(=O)/C1=C/c1cc(Br)c(OCc2ccc(Cl)cc2)c(Br)c1. The van der Waals surface area contributed by atoms with Crippen molar-refractivity contribution in [2.75, 3.05) is 18.6 Å². The number of thiocarbonyl (C=S) groups is 1. The first kappa shape index (κ1) is 27.6. The van der Waals surface area contributed by atoms with Crippen molar-refractivity contribution in [1.29, 1.82) is 0 Å². The lowest BCUT2D eigenvalue weighted by atomic mass is 10.1. The molecule has 1 aliphatic heterocycles. The predicted molar refractivity (Wildman–Crippen MR) is 156 cm³/mol. The standard InChI is InChI=1S/C26H18Br2Cl2N2O4S/c1-35-23(33)13-31-22(25(34)32(26(31)37)19-8-6-18(30)7-9-19)12-16-10-20(27)24(21(28)11-16)36-14-15-2-4-17(29)5-3-15/h2-12H,13-14H2,1H3/b22-12-. The quantitative estimate of drug-likeness (QED) is 0.149. The zero-order valence-corrected chi connectivity index (χ0v) is 24.7. The third-order valence-electron chi connectivity index (χ3n) is 5.36. The van der Waals surface area contributed by atoms with Crippen LogP contribution in [-0.2, 0) is 20.9 Å². The van der Waals surface area contributed by atoms with Crippen molar-refractivity contribution < 1.29 is 19.1 Å². The molecule has 1 heterocycles. The summed E-state index contributed by atoms with van der Waals surface area (Å²) in [7, 11) is 1.28. The van der Waals surface area contributed by atoms with Gasteiger partial charge >= 0.3 is 5.97 Å². The molecule has 0 aromatic heterocycles. The summed E-state index contributed by atoms with van der Waals surface area (Å²) >= 11 is 24.6. The van der Waals surface area contributed by atoms with E-state index >= 15 is 0 Å². The Labute approximate surface area is 246 Å². The Morgan fingerprint density at radius 3 is 2.14 bits per heavy atom. The zero-order chi connectivity index (χ0) is 26.7. The summed E-state index contributed by atoms with van der Waals surface area (Å²) < 4.78 is 12.2. The fraction of sp³-hybridized carbons (Fsp3) is 0.115. The second kappa shape index (κ2) is 12.0. The van der Waals surface area contributed by atoms with Crippen LogP contribution in [0.1, 0.15) is 11.1 Å². The van der Waals surface area contributed by atoms with Gasteiger partial charge in [-0.1, -0.05) is 35.3 Å². The lowest BCUT2D eigenvalue weighted by Crippen LogP contribution is -2.35. The van der Waals surface area contributed by atoms with Crippen molar-refractivity contribution >= 4 is 96.0 Å². The van der Waals surface area contributed by atoms with E-state index in [4.69, 9.17) is 44.9 Å². The molecule has 6 nitrogen and oxygen atoms in total. The first-order valence-electron chi connectivity index (χ1n) is 10.7. The van der Waals surface area contributed by atoms with Crippen molar-refractivity contribution in [3.63, 3.8) is 0 Å². The van der Waals surface area contributed by atoms with Crippen LogP contribution >= 0.6 is 67.3 Å². The van der Waals surface area contributed by atoms with Gasteiger partial charge in [-0.25, -0.2) is 0 Å². The molecule has 0 unspecified atom stereocenters. The second-order valence-electron chi connectivity index (χ2n) is 7.82. The molecule has 1 saturated heterocycles. The Hall–Kier alpha value is -2.43. The van der Waals surface area contributed by atoms with Crippen molar-refractivity contribution in [1.82, 2.24) is 4.90 Å². The Balaban J connectivity index is 1.65. The monoisotopic (exact) mass is 682 g/mol. The largest absolute Gasteiger partial charge is 0.487 e. The molecule has 1 fully saturated rings. The molecule has 0 atom stereocenters. The number of anilines is 1. The molecule has 3 aromatic rings. The maximum Gasteiger partial charge on any atom is 0.325 e.